The molecule has 304 valence electrons. The van der Waals surface area contributed by atoms with Gasteiger partial charge in [0.15, 0.2) is 5.69 Å². The molecule has 1 aliphatic carbocycles. The van der Waals surface area contributed by atoms with Gasteiger partial charge in [-0.2, -0.15) is 5.26 Å². The van der Waals surface area contributed by atoms with Crippen LogP contribution in [-0.4, -0.2) is 0 Å². The predicted molar refractivity (Wildman–Crippen MR) is 264 cm³/mol. The topological polar surface area (TPSA) is 34.6 Å². The Morgan fingerprint density at radius 3 is 1.67 bits per heavy atom. The molecule has 0 amide bonds. The van der Waals surface area contributed by atoms with Gasteiger partial charge >= 0.3 is 0 Å². The lowest BCUT2D eigenvalue weighted by molar-refractivity contribution is 0.0965. The van der Waals surface area contributed by atoms with E-state index in [0.717, 1.165) is 34.1 Å². The van der Waals surface area contributed by atoms with Gasteiger partial charge in [0.05, 0.1) is 18.2 Å². The summed E-state index contributed by atoms with van der Waals surface area (Å²) in [7, 11) is 0. The number of rotatable bonds is 6. The van der Waals surface area contributed by atoms with Crippen LogP contribution >= 0.6 is 0 Å². The van der Waals surface area contributed by atoms with Gasteiger partial charge in [-0.05, 0) is 156 Å². The average Bonchev–Trinajstić information content (AvgIpc) is 3.61. The second kappa shape index (κ2) is 14.8. The summed E-state index contributed by atoms with van der Waals surface area (Å²) in [5.41, 5.74) is 11.7. The molecule has 0 aliphatic heterocycles. The molecule has 0 aromatic heterocycles. The van der Waals surface area contributed by atoms with Gasteiger partial charge in [-0.15, -0.1) is 0 Å². The van der Waals surface area contributed by atoms with Crippen molar-refractivity contribution in [3.8, 4) is 17.2 Å². The van der Waals surface area contributed by atoms with Gasteiger partial charge in [0.2, 0.25) is 0 Å². The lowest BCUT2D eigenvalue weighted by Gasteiger charge is -2.53. The van der Waals surface area contributed by atoms with Crippen molar-refractivity contribution in [2.75, 3.05) is 9.80 Å². The zero-order chi connectivity index (χ0) is 43.7. The summed E-state index contributed by atoms with van der Waals surface area (Å²) in [5.74, 6) is 0. The van der Waals surface area contributed by atoms with Gasteiger partial charge < -0.3 is 9.80 Å². The van der Waals surface area contributed by atoms with Crippen molar-refractivity contribution in [1.29, 1.82) is 5.26 Å². The molecule has 0 heterocycles. The number of nitrogens with zero attached hydrogens (tertiary/aromatic N) is 4. The number of hydrogen-bond donors (Lipinski definition) is 0. The molecule has 0 atom stereocenters. The molecule has 4 nitrogen and oxygen atoms in total. The first-order valence-corrected chi connectivity index (χ1v) is 21.7. The molecular weight excluding hydrogens is 765 g/mol. The molecule has 0 spiro atoms. The molecule has 0 unspecified atom stereocenters. The van der Waals surface area contributed by atoms with Gasteiger partial charge in [0.1, 0.15) is 0 Å². The van der Waals surface area contributed by atoms with Gasteiger partial charge in [-0.25, -0.2) is 4.85 Å². The van der Waals surface area contributed by atoms with E-state index < -0.39 is 5.41 Å². The summed E-state index contributed by atoms with van der Waals surface area (Å²) >= 11 is 0. The van der Waals surface area contributed by atoms with Crippen molar-refractivity contribution in [2.45, 2.75) is 47.0 Å². The average molecular weight is 813 g/mol. The summed E-state index contributed by atoms with van der Waals surface area (Å²) in [5, 5.41) is 17.2. The molecular formula is C59H48N4. The Hall–Kier alpha value is -7.66. The van der Waals surface area contributed by atoms with E-state index in [2.05, 4.69) is 196 Å². The first kappa shape index (κ1) is 39.5. The summed E-state index contributed by atoms with van der Waals surface area (Å²) in [6, 6.07) is 66.7. The molecule has 0 radical (unpaired) electrons. The van der Waals surface area contributed by atoms with Crippen LogP contribution in [0.25, 0.3) is 48.3 Å². The minimum Gasteiger partial charge on any atom is -0.312 e. The molecule has 0 fully saturated rings. The number of hydrogen-bond acceptors (Lipinski definition) is 3. The molecule has 0 saturated carbocycles. The Kier molecular flexibility index (Phi) is 9.25. The fraction of sp³-hybridized carbons (Fsp3) is 0.153. The van der Waals surface area contributed by atoms with E-state index in [0.29, 0.717) is 11.3 Å². The maximum Gasteiger partial charge on any atom is 0.189 e. The van der Waals surface area contributed by atoms with E-state index in [1.165, 1.54) is 54.6 Å². The highest BCUT2D eigenvalue weighted by atomic mass is 15.1. The van der Waals surface area contributed by atoms with Crippen LogP contribution in [0.1, 0.15) is 58.2 Å². The monoisotopic (exact) mass is 812 g/mol. The normalized spacial score (nSPS) is 13.0. The summed E-state index contributed by atoms with van der Waals surface area (Å²) < 4.78 is 0. The van der Waals surface area contributed by atoms with Gasteiger partial charge in [0.25, 0.3) is 0 Å². The molecule has 0 N–H and O–H groups in total. The van der Waals surface area contributed by atoms with E-state index in [1.807, 2.05) is 48.5 Å². The lowest BCUT2D eigenvalue weighted by Crippen LogP contribution is -2.50. The van der Waals surface area contributed by atoms with Crippen LogP contribution in [-0.2, 0) is 5.41 Å². The summed E-state index contributed by atoms with van der Waals surface area (Å²) in [6.07, 6.45) is 0. The van der Waals surface area contributed by atoms with Crippen LogP contribution in [0.5, 0.6) is 0 Å². The third-order valence-electron chi connectivity index (χ3n) is 13.3. The fourth-order valence-corrected chi connectivity index (χ4v) is 11.2. The largest absolute Gasteiger partial charge is 0.312 e. The van der Waals surface area contributed by atoms with Crippen molar-refractivity contribution in [3.05, 3.63) is 210 Å². The van der Waals surface area contributed by atoms with Crippen molar-refractivity contribution >= 4 is 72.1 Å². The van der Waals surface area contributed by atoms with Crippen LogP contribution in [0.3, 0.4) is 0 Å². The molecule has 9 aromatic carbocycles. The second-order valence-electron chi connectivity index (χ2n) is 18.8. The van der Waals surface area contributed by atoms with Crippen molar-refractivity contribution in [1.82, 2.24) is 0 Å². The molecule has 9 aromatic rings. The van der Waals surface area contributed by atoms with E-state index in [1.54, 1.807) is 0 Å². The molecule has 0 saturated heterocycles. The van der Waals surface area contributed by atoms with E-state index in [9.17, 15) is 5.26 Å². The Morgan fingerprint density at radius 1 is 0.476 bits per heavy atom. The molecule has 63 heavy (non-hydrogen) atoms. The Bertz CT molecular complexity index is 3320. The number of nitriles is 1. The highest BCUT2D eigenvalue weighted by molar-refractivity contribution is 6.20. The maximum atomic E-state index is 9.92. The number of para-hydroxylation sites is 2. The standard InChI is InChI=1S/C59H48N4/c1-57(2,3)59(58(4,5)6)54-35-41-33-47(63(44-22-12-9-13-23-44)46-25-17-19-42(36-46)61-7)29-28-40(41)34-53(54)55-50-27-15-14-26-49(50)52-37-48(30-31-51(52)56(55)59)62(43-20-10-8-11-21-43)45-24-16-18-39(32-45)38-60/h8-37H,1-6H3. The Morgan fingerprint density at radius 2 is 1.03 bits per heavy atom. The van der Waals surface area contributed by atoms with Crippen LogP contribution < -0.4 is 9.80 Å². The molecule has 1 aliphatic rings. The minimum atomic E-state index is -0.415. The highest BCUT2D eigenvalue weighted by Crippen LogP contribution is 2.68. The van der Waals surface area contributed by atoms with Crippen molar-refractivity contribution in [3.63, 3.8) is 0 Å². The summed E-state index contributed by atoms with van der Waals surface area (Å²) in [6.45, 7) is 22.3. The highest BCUT2D eigenvalue weighted by Gasteiger charge is 2.58. The van der Waals surface area contributed by atoms with Gasteiger partial charge in [-0.1, -0.05) is 133 Å². The SMILES string of the molecule is [C-]#[N+]c1cccc(N(c2ccccc2)c2ccc3cc4c(cc3c2)C(C(C)(C)C)(C(C)(C)C)c2c-4c3ccccc3c3cc(N(c4ccccc4)c4cccc(C#N)c4)ccc23)c1. The third-order valence-corrected chi connectivity index (χ3v) is 13.3. The number of benzene rings is 9. The van der Waals surface area contributed by atoms with Crippen LogP contribution in [0.15, 0.2) is 182 Å². The zero-order valence-corrected chi connectivity index (χ0v) is 36.6. The van der Waals surface area contributed by atoms with E-state index in [4.69, 9.17) is 6.57 Å². The lowest BCUT2D eigenvalue weighted by atomic mass is 9.49. The first-order valence-electron chi connectivity index (χ1n) is 21.7. The maximum absolute atomic E-state index is 9.92. The smallest absolute Gasteiger partial charge is 0.189 e. The van der Waals surface area contributed by atoms with E-state index >= 15 is 0 Å². The molecule has 10 rings (SSSR count). The first-order chi connectivity index (χ1) is 30.4. The number of fused-ring (bicyclic) bond motifs is 9. The zero-order valence-electron chi connectivity index (χ0n) is 36.6. The molecule has 4 heteroatoms. The van der Waals surface area contributed by atoms with Gasteiger partial charge in [0, 0.05) is 39.5 Å². The van der Waals surface area contributed by atoms with Gasteiger partial charge in [-0.3, -0.25) is 0 Å². The third kappa shape index (κ3) is 6.17. The van der Waals surface area contributed by atoms with Crippen molar-refractivity contribution < 1.29 is 0 Å². The minimum absolute atomic E-state index is 0.214. The van der Waals surface area contributed by atoms with E-state index in [-0.39, 0.29) is 10.8 Å². The summed E-state index contributed by atoms with van der Waals surface area (Å²) in [4.78, 5) is 8.29. The van der Waals surface area contributed by atoms with Crippen LogP contribution in [0, 0.1) is 28.7 Å². The number of anilines is 6. The fourth-order valence-electron chi connectivity index (χ4n) is 11.2. The molecule has 0 bridgehead atoms. The Balaban J connectivity index is 1.26. The second-order valence-corrected chi connectivity index (χ2v) is 18.8. The van der Waals surface area contributed by atoms with Crippen LogP contribution in [0.4, 0.5) is 39.8 Å². The predicted octanol–water partition coefficient (Wildman–Crippen LogP) is 16.9. The quantitative estimate of drug-likeness (QED) is 0.124. The van der Waals surface area contributed by atoms with Crippen molar-refractivity contribution in [2.24, 2.45) is 10.8 Å². The Labute approximate surface area is 370 Å². The van der Waals surface area contributed by atoms with Crippen LogP contribution in [0.2, 0.25) is 0 Å².